The summed E-state index contributed by atoms with van der Waals surface area (Å²) in [5.41, 5.74) is 1.16. The Kier molecular flexibility index (Phi) is 2.49. The zero-order valence-electron chi connectivity index (χ0n) is 7.09. The molecular weight excluding hydrogens is 184 g/mol. The number of carbonyl (C=O) groups excluding carboxylic acids is 1. The molecule has 1 saturated heterocycles. The molecule has 1 amide bonds. The maximum absolute atomic E-state index is 10.7. The Morgan fingerprint density at radius 1 is 1.54 bits per heavy atom. The lowest BCUT2D eigenvalue weighted by atomic mass is 10.2. The summed E-state index contributed by atoms with van der Waals surface area (Å²) < 4.78 is 0. The van der Waals surface area contributed by atoms with Crippen molar-refractivity contribution in [1.82, 2.24) is 9.88 Å². The van der Waals surface area contributed by atoms with Crippen LogP contribution < -0.4 is 0 Å². The lowest BCUT2D eigenvalue weighted by molar-refractivity contribution is -0.118. The highest BCUT2D eigenvalue weighted by Crippen LogP contribution is 2.36. The summed E-state index contributed by atoms with van der Waals surface area (Å²) in [5, 5.41) is 0.195. The summed E-state index contributed by atoms with van der Waals surface area (Å²) >= 11 is 1.80. The number of nitrogens with zero attached hydrogens (tertiary/aromatic N) is 2. The standard InChI is InChI=1S/C9H10N2OS/c12-7-11-5-6-13-9(11)8-1-3-10-4-2-8/h1-4,7,9H,5-6H2. The first-order valence-corrected chi connectivity index (χ1v) is 5.19. The Hall–Kier alpha value is -1.03. The van der Waals surface area contributed by atoms with E-state index >= 15 is 0 Å². The van der Waals surface area contributed by atoms with Crippen molar-refractivity contribution < 1.29 is 4.79 Å². The van der Waals surface area contributed by atoms with E-state index in [4.69, 9.17) is 0 Å². The van der Waals surface area contributed by atoms with Crippen molar-refractivity contribution in [3.8, 4) is 0 Å². The highest BCUT2D eigenvalue weighted by atomic mass is 32.2. The summed E-state index contributed by atoms with van der Waals surface area (Å²) in [6.07, 6.45) is 4.44. The van der Waals surface area contributed by atoms with E-state index in [1.54, 1.807) is 24.2 Å². The first-order chi connectivity index (χ1) is 6.42. The van der Waals surface area contributed by atoms with Crippen molar-refractivity contribution in [3.05, 3.63) is 30.1 Å². The lowest BCUT2D eigenvalue weighted by Gasteiger charge is -2.18. The molecule has 2 rings (SSSR count). The Labute approximate surface area is 81.1 Å². The zero-order chi connectivity index (χ0) is 9.10. The predicted octanol–water partition coefficient (Wildman–Crippen LogP) is 1.29. The van der Waals surface area contributed by atoms with Crippen LogP contribution in [0.1, 0.15) is 10.9 Å². The van der Waals surface area contributed by atoms with Gasteiger partial charge in [-0.1, -0.05) is 0 Å². The van der Waals surface area contributed by atoms with Crippen LogP contribution in [0.25, 0.3) is 0 Å². The van der Waals surface area contributed by atoms with Crippen molar-refractivity contribution in [2.75, 3.05) is 12.3 Å². The highest BCUT2D eigenvalue weighted by molar-refractivity contribution is 7.99. The number of hydrogen-bond acceptors (Lipinski definition) is 3. The SMILES string of the molecule is O=CN1CCSC1c1ccncc1. The van der Waals surface area contributed by atoms with Crippen LogP contribution in [-0.2, 0) is 4.79 Å². The maximum Gasteiger partial charge on any atom is 0.210 e. The summed E-state index contributed by atoms with van der Waals surface area (Å²) in [5.74, 6) is 1.02. The second kappa shape index (κ2) is 3.79. The minimum Gasteiger partial charge on any atom is -0.328 e. The summed E-state index contributed by atoms with van der Waals surface area (Å²) in [4.78, 5) is 16.5. The van der Waals surface area contributed by atoms with Crippen LogP contribution in [0.3, 0.4) is 0 Å². The minimum absolute atomic E-state index is 0.195. The number of thioether (sulfide) groups is 1. The number of amides is 1. The van der Waals surface area contributed by atoms with Gasteiger partial charge in [-0.05, 0) is 17.7 Å². The van der Waals surface area contributed by atoms with Crippen LogP contribution in [0.5, 0.6) is 0 Å². The second-order valence-corrected chi connectivity index (χ2v) is 4.04. The van der Waals surface area contributed by atoms with E-state index in [-0.39, 0.29) is 5.37 Å². The van der Waals surface area contributed by atoms with Crippen molar-refractivity contribution in [3.63, 3.8) is 0 Å². The molecule has 1 aliphatic rings. The van der Waals surface area contributed by atoms with Crippen molar-refractivity contribution in [2.24, 2.45) is 0 Å². The number of aromatic nitrogens is 1. The molecule has 1 atom stereocenters. The third-order valence-corrected chi connectivity index (χ3v) is 3.33. The van der Waals surface area contributed by atoms with Crippen molar-refractivity contribution in [1.29, 1.82) is 0 Å². The number of hydrogen-bond donors (Lipinski definition) is 0. The molecule has 0 aromatic carbocycles. The fourth-order valence-electron chi connectivity index (χ4n) is 1.41. The average molecular weight is 194 g/mol. The van der Waals surface area contributed by atoms with Gasteiger partial charge in [-0.3, -0.25) is 9.78 Å². The monoisotopic (exact) mass is 194 g/mol. The molecule has 13 heavy (non-hydrogen) atoms. The molecule has 2 heterocycles. The largest absolute Gasteiger partial charge is 0.328 e. The molecule has 1 unspecified atom stereocenters. The first kappa shape index (κ1) is 8.56. The molecular formula is C9H10N2OS. The van der Waals surface area contributed by atoms with Crippen LogP contribution in [-0.4, -0.2) is 28.6 Å². The smallest absolute Gasteiger partial charge is 0.210 e. The van der Waals surface area contributed by atoms with Gasteiger partial charge in [0.15, 0.2) is 0 Å². The normalized spacial score (nSPS) is 21.8. The van der Waals surface area contributed by atoms with Gasteiger partial charge in [-0.25, -0.2) is 0 Å². The van der Waals surface area contributed by atoms with Gasteiger partial charge in [0.25, 0.3) is 0 Å². The maximum atomic E-state index is 10.7. The van der Waals surface area contributed by atoms with E-state index in [2.05, 4.69) is 4.98 Å². The fraction of sp³-hybridized carbons (Fsp3) is 0.333. The third kappa shape index (κ3) is 1.67. The molecule has 1 aromatic rings. The Morgan fingerprint density at radius 3 is 3.00 bits per heavy atom. The summed E-state index contributed by atoms with van der Waals surface area (Å²) in [6.45, 7) is 0.848. The van der Waals surface area contributed by atoms with Crippen LogP contribution in [0.2, 0.25) is 0 Å². The molecule has 4 heteroatoms. The highest BCUT2D eigenvalue weighted by Gasteiger charge is 2.24. The van der Waals surface area contributed by atoms with Crippen LogP contribution in [0.4, 0.5) is 0 Å². The van der Waals surface area contributed by atoms with Gasteiger partial charge in [0.1, 0.15) is 5.37 Å². The van der Waals surface area contributed by atoms with Crippen LogP contribution in [0, 0.1) is 0 Å². The van der Waals surface area contributed by atoms with E-state index in [1.807, 2.05) is 17.0 Å². The summed E-state index contributed by atoms with van der Waals surface area (Å²) in [6, 6.07) is 3.92. The molecule has 0 aliphatic carbocycles. The molecule has 68 valence electrons. The second-order valence-electron chi connectivity index (χ2n) is 2.85. The molecule has 0 radical (unpaired) electrons. The number of pyridine rings is 1. The summed E-state index contributed by atoms with van der Waals surface area (Å²) in [7, 11) is 0. The van der Waals surface area contributed by atoms with Crippen molar-refractivity contribution >= 4 is 18.2 Å². The van der Waals surface area contributed by atoms with Gasteiger partial charge < -0.3 is 4.90 Å². The van der Waals surface area contributed by atoms with Crippen molar-refractivity contribution in [2.45, 2.75) is 5.37 Å². The zero-order valence-corrected chi connectivity index (χ0v) is 7.91. The molecule has 0 N–H and O–H groups in total. The Bertz CT molecular complexity index is 291. The van der Waals surface area contributed by atoms with Gasteiger partial charge in [-0.15, -0.1) is 11.8 Å². The average Bonchev–Trinajstić information content (AvgIpc) is 2.67. The van der Waals surface area contributed by atoms with Crippen LogP contribution >= 0.6 is 11.8 Å². The molecule has 3 nitrogen and oxygen atoms in total. The van der Waals surface area contributed by atoms with E-state index in [1.165, 1.54) is 0 Å². The quantitative estimate of drug-likeness (QED) is 0.665. The van der Waals surface area contributed by atoms with E-state index < -0.39 is 0 Å². The van der Waals surface area contributed by atoms with E-state index in [0.717, 1.165) is 24.3 Å². The molecule has 0 spiro atoms. The van der Waals surface area contributed by atoms with Gasteiger partial charge >= 0.3 is 0 Å². The predicted molar refractivity (Wildman–Crippen MR) is 52.2 cm³/mol. The molecule has 1 aliphatic heterocycles. The minimum atomic E-state index is 0.195. The fourth-order valence-corrected chi connectivity index (χ4v) is 2.64. The number of carbonyl (C=O) groups is 1. The molecule has 0 saturated carbocycles. The van der Waals surface area contributed by atoms with Gasteiger partial charge in [-0.2, -0.15) is 0 Å². The topological polar surface area (TPSA) is 33.2 Å². The van der Waals surface area contributed by atoms with Gasteiger partial charge in [0, 0.05) is 24.7 Å². The third-order valence-electron chi connectivity index (χ3n) is 2.05. The lowest BCUT2D eigenvalue weighted by Crippen LogP contribution is -2.20. The van der Waals surface area contributed by atoms with Gasteiger partial charge in [0.2, 0.25) is 6.41 Å². The van der Waals surface area contributed by atoms with E-state index in [9.17, 15) is 4.79 Å². The molecule has 0 bridgehead atoms. The molecule has 1 aromatic heterocycles. The Morgan fingerprint density at radius 2 is 2.31 bits per heavy atom. The van der Waals surface area contributed by atoms with Crippen LogP contribution in [0.15, 0.2) is 24.5 Å². The van der Waals surface area contributed by atoms with E-state index in [0.29, 0.717) is 0 Å². The first-order valence-electron chi connectivity index (χ1n) is 4.14. The molecule has 1 fully saturated rings. The van der Waals surface area contributed by atoms with Gasteiger partial charge in [0.05, 0.1) is 0 Å². The Balaban J connectivity index is 2.21. The number of rotatable bonds is 2.